The minimum absolute atomic E-state index is 0.181. The summed E-state index contributed by atoms with van der Waals surface area (Å²) in [5.41, 5.74) is 2.14. The van der Waals surface area contributed by atoms with Crippen molar-refractivity contribution >= 4 is 0 Å². The standard InChI is InChI=1S/C6H11F3N2/c1-4(2)3-5(11-10)6(7,8)9/h5,11H,1,3,10H2,2H3. The molecule has 0 heterocycles. The summed E-state index contributed by atoms with van der Waals surface area (Å²) in [7, 11) is 0. The molecule has 0 saturated carbocycles. The fourth-order valence-electron chi connectivity index (χ4n) is 0.618. The van der Waals surface area contributed by atoms with Crippen molar-refractivity contribution in [2.75, 3.05) is 0 Å². The molecule has 0 aliphatic rings. The second kappa shape index (κ2) is 3.73. The van der Waals surface area contributed by atoms with Crippen LogP contribution in [0.4, 0.5) is 13.2 Å². The second-order valence-electron chi connectivity index (χ2n) is 2.42. The first-order chi connectivity index (χ1) is 4.88. The van der Waals surface area contributed by atoms with E-state index in [9.17, 15) is 13.2 Å². The number of hydrogen-bond acceptors (Lipinski definition) is 2. The van der Waals surface area contributed by atoms with Gasteiger partial charge in [-0.2, -0.15) is 13.2 Å². The predicted molar refractivity (Wildman–Crippen MR) is 36.6 cm³/mol. The highest BCUT2D eigenvalue weighted by Gasteiger charge is 2.38. The molecule has 0 radical (unpaired) electrons. The number of hydrazine groups is 1. The highest BCUT2D eigenvalue weighted by Crippen LogP contribution is 2.23. The van der Waals surface area contributed by atoms with Crippen molar-refractivity contribution in [3.8, 4) is 0 Å². The van der Waals surface area contributed by atoms with Gasteiger partial charge in [-0.1, -0.05) is 5.57 Å². The van der Waals surface area contributed by atoms with Gasteiger partial charge < -0.3 is 0 Å². The molecule has 1 unspecified atom stereocenters. The molecule has 11 heavy (non-hydrogen) atoms. The molecule has 0 amide bonds. The third kappa shape index (κ3) is 4.00. The largest absolute Gasteiger partial charge is 0.405 e. The van der Waals surface area contributed by atoms with Crippen LogP contribution in [0.1, 0.15) is 13.3 Å². The summed E-state index contributed by atoms with van der Waals surface area (Å²) in [4.78, 5) is 0. The number of rotatable bonds is 3. The predicted octanol–water partition coefficient (Wildman–Crippen LogP) is 1.35. The Hall–Kier alpha value is -0.550. The first kappa shape index (κ1) is 10.4. The Kier molecular flexibility index (Phi) is 3.54. The lowest BCUT2D eigenvalue weighted by atomic mass is 10.1. The van der Waals surface area contributed by atoms with Gasteiger partial charge in [-0.05, 0) is 13.3 Å². The Bertz CT molecular complexity index is 141. The fourth-order valence-corrected chi connectivity index (χ4v) is 0.618. The van der Waals surface area contributed by atoms with Crippen LogP contribution in [0.15, 0.2) is 12.2 Å². The highest BCUT2D eigenvalue weighted by atomic mass is 19.4. The summed E-state index contributed by atoms with van der Waals surface area (Å²) in [5, 5.41) is 0. The first-order valence-electron chi connectivity index (χ1n) is 3.05. The molecule has 5 heteroatoms. The van der Waals surface area contributed by atoms with Gasteiger partial charge in [0.2, 0.25) is 0 Å². The maximum Gasteiger partial charge on any atom is 0.405 e. The summed E-state index contributed by atoms with van der Waals surface area (Å²) in [5.74, 6) is 4.70. The molecule has 0 rings (SSSR count). The van der Waals surface area contributed by atoms with Crippen LogP contribution in [-0.2, 0) is 0 Å². The molecular weight excluding hydrogens is 157 g/mol. The molecule has 0 spiro atoms. The molecule has 1 atom stereocenters. The molecule has 0 saturated heterocycles. The SMILES string of the molecule is C=C(C)CC(NN)C(F)(F)F. The number of nitrogens with two attached hydrogens (primary N) is 1. The van der Waals surface area contributed by atoms with E-state index in [-0.39, 0.29) is 6.42 Å². The van der Waals surface area contributed by atoms with E-state index in [1.807, 2.05) is 0 Å². The second-order valence-corrected chi connectivity index (χ2v) is 2.42. The van der Waals surface area contributed by atoms with E-state index in [0.29, 0.717) is 5.57 Å². The van der Waals surface area contributed by atoms with Crippen LogP contribution >= 0.6 is 0 Å². The lowest BCUT2D eigenvalue weighted by molar-refractivity contribution is -0.155. The minimum Gasteiger partial charge on any atom is -0.271 e. The highest BCUT2D eigenvalue weighted by molar-refractivity contribution is 4.94. The van der Waals surface area contributed by atoms with Gasteiger partial charge in [0.05, 0.1) is 0 Å². The molecule has 66 valence electrons. The Balaban J connectivity index is 4.07. The average molecular weight is 168 g/mol. The maximum atomic E-state index is 11.9. The summed E-state index contributed by atoms with van der Waals surface area (Å²) in [6.07, 6.45) is -4.48. The number of alkyl halides is 3. The van der Waals surface area contributed by atoms with Crippen LogP contribution in [0.3, 0.4) is 0 Å². The Labute approximate surface area is 63.2 Å². The molecule has 2 nitrogen and oxygen atoms in total. The van der Waals surface area contributed by atoms with Crippen LogP contribution < -0.4 is 11.3 Å². The van der Waals surface area contributed by atoms with Crippen LogP contribution in [-0.4, -0.2) is 12.2 Å². The van der Waals surface area contributed by atoms with Crippen molar-refractivity contribution in [1.29, 1.82) is 0 Å². The van der Waals surface area contributed by atoms with Crippen LogP contribution in [0.2, 0.25) is 0 Å². The molecule has 0 aromatic rings. The van der Waals surface area contributed by atoms with Crippen molar-refractivity contribution in [3.63, 3.8) is 0 Å². The van der Waals surface area contributed by atoms with E-state index in [1.54, 1.807) is 5.43 Å². The third-order valence-corrected chi connectivity index (χ3v) is 1.15. The van der Waals surface area contributed by atoms with Gasteiger partial charge in [-0.25, -0.2) is 5.43 Å². The van der Waals surface area contributed by atoms with E-state index in [0.717, 1.165) is 0 Å². The zero-order valence-corrected chi connectivity index (χ0v) is 6.20. The molecular formula is C6H11F3N2. The molecule has 0 aromatic heterocycles. The van der Waals surface area contributed by atoms with Crippen molar-refractivity contribution in [3.05, 3.63) is 12.2 Å². The van der Waals surface area contributed by atoms with Gasteiger partial charge in [-0.3, -0.25) is 5.84 Å². The van der Waals surface area contributed by atoms with Crippen molar-refractivity contribution < 1.29 is 13.2 Å². The van der Waals surface area contributed by atoms with Gasteiger partial charge in [0.1, 0.15) is 6.04 Å². The molecule has 0 aliphatic carbocycles. The van der Waals surface area contributed by atoms with Gasteiger partial charge in [-0.15, -0.1) is 6.58 Å². The summed E-state index contributed by atoms with van der Waals surface area (Å²) >= 11 is 0. The minimum atomic E-state index is -4.30. The normalized spacial score (nSPS) is 14.6. The van der Waals surface area contributed by atoms with Crippen molar-refractivity contribution in [2.24, 2.45) is 5.84 Å². The Morgan fingerprint density at radius 3 is 2.18 bits per heavy atom. The summed E-state index contributed by atoms with van der Waals surface area (Å²) < 4.78 is 35.7. The Morgan fingerprint density at radius 1 is 1.64 bits per heavy atom. The summed E-state index contributed by atoms with van der Waals surface area (Å²) in [6.45, 7) is 4.88. The molecule has 0 aromatic carbocycles. The lowest BCUT2D eigenvalue weighted by Crippen LogP contribution is -2.46. The van der Waals surface area contributed by atoms with E-state index in [4.69, 9.17) is 5.84 Å². The van der Waals surface area contributed by atoms with Gasteiger partial charge in [0.25, 0.3) is 0 Å². The van der Waals surface area contributed by atoms with Crippen LogP contribution in [0.5, 0.6) is 0 Å². The monoisotopic (exact) mass is 168 g/mol. The average Bonchev–Trinajstić information content (AvgIpc) is 1.79. The maximum absolute atomic E-state index is 11.9. The zero-order valence-electron chi connectivity index (χ0n) is 6.20. The van der Waals surface area contributed by atoms with Crippen LogP contribution in [0.25, 0.3) is 0 Å². The van der Waals surface area contributed by atoms with Gasteiger partial charge >= 0.3 is 6.18 Å². The summed E-state index contributed by atoms with van der Waals surface area (Å²) in [6, 6.07) is -1.68. The van der Waals surface area contributed by atoms with E-state index < -0.39 is 12.2 Å². The van der Waals surface area contributed by atoms with Gasteiger partial charge in [0.15, 0.2) is 0 Å². The van der Waals surface area contributed by atoms with E-state index >= 15 is 0 Å². The smallest absolute Gasteiger partial charge is 0.271 e. The van der Waals surface area contributed by atoms with Crippen molar-refractivity contribution in [1.82, 2.24) is 5.43 Å². The van der Waals surface area contributed by atoms with Gasteiger partial charge in [0, 0.05) is 0 Å². The Morgan fingerprint density at radius 2 is 2.09 bits per heavy atom. The lowest BCUT2D eigenvalue weighted by Gasteiger charge is -2.18. The third-order valence-electron chi connectivity index (χ3n) is 1.15. The number of hydrogen-bond donors (Lipinski definition) is 2. The molecule has 3 N–H and O–H groups in total. The van der Waals surface area contributed by atoms with E-state index in [2.05, 4.69) is 6.58 Å². The number of nitrogens with one attached hydrogen (secondary N) is 1. The van der Waals surface area contributed by atoms with E-state index in [1.165, 1.54) is 6.92 Å². The molecule has 0 bridgehead atoms. The molecule has 0 fully saturated rings. The van der Waals surface area contributed by atoms with Crippen LogP contribution in [0, 0.1) is 0 Å². The topological polar surface area (TPSA) is 38.0 Å². The zero-order chi connectivity index (χ0) is 9.07. The fraction of sp³-hybridized carbons (Fsp3) is 0.667. The first-order valence-corrected chi connectivity index (χ1v) is 3.05. The van der Waals surface area contributed by atoms with Crippen molar-refractivity contribution in [2.45, 2.75) is 25.6 Å². The molecule has 0 aliphatic heterocycles. The number of halogens is 3. The quantitative estimate of drug-likeness (QED) is 0.379.